The molecule has 1 unspecified atom stereocenters. The van der Waals surface area contributed by atoms with Crippen molar-refractivity contribution in [2.45, 2.75) is 33.2 Å². The fourth-order valence-electron chi connectivity index (χ4n) is 3.49. The number of benzene rings is 2. The highest BCUT2D eigenvalue weighted by Gasteiger charge is 2.11. The summed E-state index contributed by atoms with van der Waals surface area (Å²) in [6.07, 6.45) is 0. The molecule has 0 amide bonds. The maximum Gasteiger partial charge on any atom is 0.191 e. The van der Waals surface area contributed by atoms with Gasteiger partial charge in [0.2, 0.25) is 0 Å². The lowest BCUT2D eigenvalue weighted by atomic mass is 9.99. The molecule has 1 saturated heterocycles. The molecule has 2 N–H and O–H groups in total. The van der Waals surface area contributed by atoms with E-state index >= 15 is 0 Å². The standard InChI is InChI=1S/C24H34N4O/c1-4-25-24(26-17-20(3)22-7-5-6-19(2)16-22)27-18-21-8-10-23(11-9-21)28-12-14-29-15-13-28/h5-11,16,20H,4,12-15,17-18H2,1-3H3,(H2,25,26,27). The molecule has 5 nitrogen and oxygen atoms in total. The molecule has 1 aliphatic rings. The van der Waals surface area contributed by atoms with Crippen molar-refractivity contribution in [3.05, 3.63) is 65.2 Å². The number of nitrogens with one attached hydrogen (secondary N) is 2. The highest BCUT2D eigenvalue weighted by molar-refractivity contribution is 5.79. The number of aryl methyl sites for hydroxylation is 1. The lowest BCUT2D eigenvalue weighted by Gasteiger charge is -2.28. The first-order valence-corrected chi connectivity index (χ1v) is 10.7. The summed E-state index contributed by atoms with van der Waals surface area (Å²) < 4.78 is 5.43. The third-order valence-corrected chi connectivity index (χ3v) is 5.26. The molecule has 3 rings (SSSR count). The first-order valence-electron chi connectivity index (χ1n) is 10.7. The van der Waals surface area contributed by atoms with E-state index in [0.29, 0.717) is 12.5 Å². The SMILES string of the molecule is CCNC(=NCc1ccc(N2CCOCC2)cc1)NCC(C)c1cccc(C)c1. The Morgan fingerprint density at radius 2 is 1.86 bits per heavy atom. The summed E-state index contributed by atoms with van der Waals surface area (Å²) in [7, 11) is 0. The molecule has 2 aromatic carbocycles. The summed E-state index contributed by atoms with van der Waals surface area (Å²) in [4.78, 5) is 7.14. The number of nitrogens with zero attached hydrogens (tertiary/aromatic N) is 2. The summed E-state index contributed by atoms with van der Waals surface area (Å²) in [5, 5.41) is 6.84. The van der Waals surface area contributed by atoms with Crippen LogP contribution in [0.5, 0.6) is 0 Å². The van der Waals surface area contributed by atoms with Crippen LogP contribution in [0.1, 0.15) is 36.5 Å². The summed E-state index contributed by atoms with van der Waals surface area (Å²) >= 11 is 0. The van der Waals surface area contributed by atoms with E-state index in [1.807, 2.05) is 0 Å². The summed E-state index contributed by atoms with van der Waals surface area (Å²) in [5.41, 5.74) is 5.13. The molecular formula is C24H34N4O. The molecule has 2 aromatic rings. The van der Waals surface area contributed by atoms with Gasteiger partial charge in [-0.05, 0) is 43.0 Å². The van der Waals surface area contributed by atoms with E-state index in [0.717, 1.165) is 45.4 Å². The average Bonchev–Trinajstić information content (AvgIpc) is 2.76. The maximum atomic E-state index is 5.43. The molecule has 1 fully saturated rings. The van der Waals surface area contributed by atoms with Gasteiger partial charge in [0.05, 0.1) is 19.8 Å². The second kappa shape index (κ2) is 10.9. The van der Waals surface area contributed by atoms with Crippen molar-refractivity contribution in [2.75, 3.05) is 44.3 Å². The molecule has 1 atom stereocenters. The van der Waals surface area contributed by atoms with Gasteiger partial charge in [-0.1, -0.05) is 48.9 Å². The third-order valence-electron chi connectivity index (χ3n) is 5.26. The Morgan fingerprint density at radius 3 is 2.55 bits per heavy atom. The van der Waals surface area contributed by atoms with Crippen molar-refractivity contribution in [1.29, 1.82) is 0 Å². The number of anilines is 1. The van der Waals surface area contributed by atoms with Crippen molar-refractivity contribution in [1.82, 2.24) is 10.6 Å². The molecule has 0 saturated carbocycles. The summed E-state index contributed by atoms with van der Waals surface area (Å²) in [6.45, 7) is 12.4. The summed E-state index contributed by atoms with van der Waals surface area (Å²) in [5.74, 6) is 1.29. The van der Waals surface area contributed by atoms with Gasteiger partial charge in [-0.2, -0.15) is 0 Å². The topological polar surface area (TPSA) is 48.9 Å². The van der Waals surface area contributed by atoms with Crippen LogP contribution >= 0.6 is 0 Å². The highest BCUT2D eigenvalue weighted by atomic mass is 16.5. The molecule has 0 spiro atoms. The molecule has 0 aromatic heterocycles. The van der Waals surface area contributed by atoms with Crippen LogP contribution in [-0.2, 0) is 11.3 Å². The van der Waals surface area contributed by atoms with Gasteiger partial charge in [-0.3, -0.25) is 0 Å². The molecule has 0 bridgehead atoms. The van der Waals surface area contributed by atoms with Crippen LogP contribution in [0.3, 0.4) is 0 Å². The normalized spacial score (nSPS) is 15.8. The van der Waals surface area contributed by atoms with Crippen LogP contribution < -0.4 is 15.5 Å². The predicted octanol–water partition coefficient (Wildman–Crippen LogP) is 3.69. The highest BCUT2D eigenvalue weighted by Crippen LogP contribution is 2.17. The summed E-state index contributed by atoms with van der Waals surface area (Å²) in [6, 6.07) is 17.4. The predicted molar refractivity (Wildman–Crippen MR) is 122 cm³/mol. The van der Waals surface area contributed by atoms with Crippen molar-refractivity contribution < 1.29 is 4.74 Å². The van der Waals surface area contributed by atoms with Crippen LogP contribution in [0.15, 0.2) is 53.5 Å². The van der Waals surface area contributed by atoms with E-state index in [1.165, 1.54) is 22.4 Å². The molecule has 156 valence electrons. The number of hydrogen-bond acceptors (Lipinski definition) is 3. The average molecular weight is 395 g/mol. The molecule has 5 heteroatoms. The van der Waals surface area contributed by atoms with Gasteiger partial charge in [-0.25, -0.2) is 4.99 Å². The van der Waals surface area contributed by atoms with Gasteiger partial charge >= 0.3 is 0 Å². The second-order valence-corrected chi connectivity index (χ2v) is 7.66. The van der Waals surface area contributed by atoms with Gasteiger partial charge in [0.25, 0.3) is 0 Å². The molecule has 1 aliphatic heterocycles. The van der Waals surface area contributed by atoms with Gasteiger partial charge < -0.3 is 20.3 Å². The Balaban J connectivity index is 1.55. The second-order valence-electron chi connectivity index (χ2n) is 7.66. The van der Waals surface area contributed by atoms with Crippen LogP contribution in [0, 0.1) is 6.92 Å². The van der Waals surface area contributed by atoms with E-state index in [-0.39, 0.29) is 0 Å². The largest absolute Gasteiger partial charge is 0.378 e. The van der Waals surface area contributed by atoms with Crippen LogP contribution in [0.25, 0.3) is 0 Å². The Bertz CT molecular complexity index is 782. The van der Waals surface area contributed by atoms with Crippen molar-refractivity contribution in [3.8, 4) is 0 Å². The fraction of sp³-hybridized carbons (Fsp3) is 0.458. The van der Waals surface area contributed by atoms with E-state index in [9.17, 15) is 0 Å². The molecule has 0 radical (unpaired) electrons. The number of rotatable bonds is 7. The van der Waals surface area contributed by atoms with Gasteiger partial charge in [0, 0.05) is 31.9 Å². The first kappa shape index (κ1) is 21.2. The van der Waals surface area contributed by atoms with E-state index in [4.69, 9.17) is 9.73 Å². The molecular weight excluding hydrogens is 360 g/mol. The fourth-order valence-corrected chi connectivity index (χ4v) is 3.49. The van der Waals surface area contributed by atoms with E-state index < -0.39 is 0 Å². The van der Waals surface area contributed by atoms with Gasteiger partial charge in [0.15, 0.2) is 5.96 Å². The van der Waals surface area contributed by atoms with Crippen LogP contribution in [0.4, 0.5) is 5.69 Å². The minimum atomic E-state index is 0.423. The van der Waals surface area contributed by atoms with Gasteiger partial charge in [0.1, 0.15) is 0 Å². The lowest BCUT2D eigenvalue weighted by Crippen LogP contribution is -2.39. The molecule has 1 heterocycles. The Hall–Kier alpha value is -2.53. The number of morpholine rings is 1. The van der Waals surface area contributed by atoms with Crippen molar-refractivity contribution >= 4 is 11.6 Å². The lowest BCUT2D eigenvalue weighted by molar-refractivity contribution is 0.122. The maximum absolute atomic E-state index is 5.43. The Kier molecular flexibility index (Phi) is 7.94. The quantitative estimate of drug-likeness (QED) is 0.555. The number of ether oxygens (including phenoxy) is 1. The Labute approximate surface area is 175 Å². The smallest absolute Gasteiger partial charge is 0.191 e. The minimum Gasteiger partial charge on any atom is -0.378 e. The van der Waals surface area contributed by atoms with Gasteiger partial charge in [-0.15, -0.1) is 0 Å². The number of aliphatic imine (C=N–C) groups is 1. The third kappa shape index (κ3) is 6.50. The first-order chi connectivity index (χ1) is 14.2. The van der Waals surface area contributed by atoms with E-state index in [1.54, 1.807) is 0 Å². The zero-order chi connectivity index (χ0) is 20.5. The number of guanidine groups is 1. The van der Waals surface area contributed by atoms with Crippen molar-refractivity contribution in [2.24, 2.45) is 4.99 Å². The number of hydrogen-bond donors (Lipinski definition) is 2. The van der Waals surface area contributed by atoms with Crippen LogP contribution in [0.2, 0.25) is 0 Å². The zero-order valence-corrected chi connectivity index (χ0v) is 17.9. The van der Waals surface area contributed by atoms with Crippen molar-refractivity contribution in [3.63, 3.8) is 0 Å². The Morgan fingerprint density at radius 1 is 1.10 bits per heavy atom. The zero-order valence-electron chi connectivity index (χ0n) is 17.9. The molecule has 29 heavy (non-hydrogen) atoms. The van der Waals surface area contributed by atoms with E-state index in [2.05, 4.69) is 84.8 Å². The minimum absolute atomic E-state index is 0.423. The monoisotopic (exact) mass is 394 g/mol. The molecule has 0 aliphatic carbocycles. The van der Waals surface area contributed by atoms with Crippen LogP contribution in [-0.4, -0.2) is 45.4 Å².